The lowest BCUT2D eigenvalue weighted by Crippen LogP contribution is -2.50. The van der Waals surface area contributed by atoms with Crippen molar-refractivity contribution < 1.29 is 4.79 Å². The number of aryl methyl sites for hydroxylation is 1. The Labute approximate surface area is 89.4 Å². The largest absolute Gasteiger partial charge is 0.368 e. The molecule has 0 aromatic carbocycles. The van der Waals surface area contributed by atoms with Crippen LogP contribution in [0.4, 0.5) is 0 Å². The van der Waals surface area contributed by atoms with Gasteiger partial charge in [-0.3, -0.25) is 9.48 Å². The molecule has 1 rings (SSSR count). The van der Waals surface area contributed by atoms with Crippen molar-refractivity contribution in [1.82, 2.24) is 9.78 Å². The topological polar surface area (TPSA) is 86.9 Å². The maximum Gasteiger partial charge on any atom is 0.237 e. The Kier molecular flexibility index (Phi) is 3.14. The average molecular weight is 210 g/mol. The van der Waals surface area contributed by atoms with E-state index in [0.29, 0.717) is 6.42 Å². The van der Waals surface area contributed by atoms with Gasteiger partial charge in [0.05, 0.1) is 11.6 Å². The fraction of sp³-hybridized carbons (Fsp3) is 0.600. The average Bonchev–Trinajstić information content (AvgIpc) is 2.50. The summed E-state index contributed by atoms with van der Waals surface area (Å²) in [4.78, 5) is 11.1. The first kappa shape index (κ1) is 11.7. The zero-order valence-corrected chi connectivity index (χ0v) is 9.40. The molecule has 0 bridgehead atoms. The summed E-state index contributed by atoms with van der Waals surface area (Å²) >= 11 is 0. The quantitative estimate of drug-likeness (QED) is 0.751. The Morgan fingerprint density at radius 1 is 1.73 bits per heavy atom. The number of primary amides is 1. The summed E-state index contributed by atoms with van der Waals surface area (Å²) in [5, 5.41) is 4.17. The number of hydrogen-bond donors (Lipinski definition) is 2. The lowest BCUT2D eigenvalue weighted by atomic mass is 9.94. The highest BCUT2D eigenvalue weighted by Crippen LogP contribution is 2.19. The van der Waals surface area contributed by atoms with Crippen LogP contribution in [-0.4, -0.2) is 21.2 Å². The summed E-state index contributed by atoms with van der Waals surface area (Å²) in [6.45, 7) is 5.57. The van der Waals surface area contributed by atoms with Gasteiger partial charge in [0.25, 0.3) is 0 Å². The SMILES string of the molecule is Cc1ccnn1C(C)CC(C)(N)C(N)=O. The molecule has 15 heavy (non-hydrogen) atoms. The van der Waals surface area contributed by atoms with Crippen molar-refractivity contribution in [3.8, 4) is 0 Å². The van der Waals surface area contributed by atoms with E-state index < -0.39 is 11.4 Å². The normalized spacial score (nSPS) is 17.1. The molecule has 2 atom stereocenters. The first-order chi connectivity index (χ1) is 6.84. The van der Waals surface area contributed by atoms with Crippen LogP contribution in [0.25, 0.3) is 0 Å². The Balaban J connectivity index is 2.76. The third-order valence-corrected chi connectivity index (χ3v) is 2.57. The van der Waals surface area contributed by atoms with Crippen LogP contribution in [0.2, 0.25) is 0 Å². The molecule has 1 aromatic heterocycles. The van der Waals surface area contributed by atoms with E-state index in [9.17, 15) is 4.79 Å². The second kappa shape index (κ2) is 4.02. The second-order valence-corrected chi connectivity index (χ2v) is 4.25. The minimum atomic E-state index is -0.988. The van der Waals surface area contributed by atoms with Crippen molar-refractivity contribution in [2.24, 2.45) is 11.5 Å². The first-order valence-electron chi connectivity index (χ1n) is 4.93. The molecule has 1 heterocycles. The van der Waals surface area contributed by atoms with Gasteiger partial charge in [-0.2, -0.15) is 5.10 Å². The van der Waals surface area contributed by atoms with Gasteiger partial charge >= 0.3 is 0 Å². The molecule has 0 fully saturated rings. The number of hydrogen-bond acceptors (Lipinski definition) is 3. The number of nitrogens with two attached hydrogens (primary N) is 2. The van der Waals surface area contributed by atoms with Gasteiger partial charge in [0, 0.05) is 11.9 Å². The van der Waals surface area contributed by atoms with E-state index in [4.69, 9.17) is 11.5 Å². The van der Waals surface area contributed by atoms with Gasteiger partial charge in [0.1, 0.15) is 0 Å². The minimum Gasteiger partial charge on any atom is -0.368 e. The zero-order chi connectivity index (χ0) is 11.6. The molecule has 84 valence electrons. The molecular formula is C10H18N4O. The summed E-state index contributed by atoms with van der Waals surface area (Å²) < 4.78 is 1.84. The van der Waals surface area contributed by atoms with Crippen LogP contribution < -0.4 is 11.5 Å². The second-order valence-electron chi connectivity index (χ2n) is 4.25. The molecule has 4 N–H and O–H groups in total. The third kappa shape index (κ3) is 2.56. The summed E-state index contributed by atoms with van der Waals surface area (Å²) in [7, 11) is 0. The van der Waals surface area contributed by atoms with E-state index in [-0.39, 0.29) is 6.04 Å². The van der Waals surface area contributed by atoms with Gasteiger partial charge in [0.2, 0.25) is 5.91 Å². The zero-order valence-electron chi connectivity index (χ0n) is 9.40. The molecule has 0 aliphatic carbocycles. The van der Waals surface area contributed by atoms with Crippen molar-refractivity contribution >= 4 is 5.91 Å². The van der Waals surface area contributed by atoms with Gasteiger partial charge in [-0.25, -0.2) is 0 Å². The smallest absolute Gasteiger partial charge is 0.237 e. The Morgan fingerprint density at radius 3 is 2.73 bits per heavy atom. The van der Waals surface area contributed by atoms with Crippen LogP contribution in [0.5, 0.6) is 0 Å². The van der Waals surface area contributed by atoms with Crippen molar-refractivity contribution in [3.05, 3.63) is 18.0 Å². The fourth-order valence-electron chi connectivity index (χ4n) is 1.64. The molecule has 0 radical (unpaired) electrons. The molecule has 0 saturated heterocycles. The number of aromatic nitrogens is 2. The van der Waals surface area contributed by atoms with Gasteiger partial charge < -0.3 is 11.5 Å². The Bertz CT molecular complexity index is 356. The standard InChI is InChI=1S/C10H18N4O/c1-7-4-5-13-14(7)8(2)6-10(3,12)9(11)15/h4-5,8H,6,12H2,1-3H3,(H2,11,15). The van der Waals surface area contributed by atoms with E-state index in [2.05, 4.69) is 5.10 Å². The molecule has 0 saturated carbocycles. The number of carbonyl (C=O) groups is 1. The van der Waals surface area contributed by atoms with Crippen molar-refractivity contribution in [1.29, 1.82) is 0 Å². The molecular weight excluding hydrogens is 192 g/mol. The van der Waals surface area contributed by atoms with Crippen LogP contribution in [0.15, 0.2) is 12.3 Å². The molecule has 0 aliphatic heterocycles. The maximum absolute atomic E-state index is 11.1. The molecule has 5 nitrogen and oxygen atoms in total. The van der Waals surface area contributed by atoms with Crippen molar-refractivity contribution in [2.45, 2.75) is 38.8 Å². The first-order valence-corrected chi connectivity index (χ1v) is 4.93. The third-order valence-electron chi connectivity index (χ3n) is 2.57. The highest BCUT2D eigenvalue weighted by molar-refractivity contribution is 5.83. The minimum absolute atomic E-state index is 0.0579. The fourth-order valence-corrected chi connectivity index (χ4v) is 1.64. The van der Waals surface area contributed by atoms with E-state index >= 15 is 0 Å². The van der Waals surface area contributed by atoms with Crippen LogP contribution in [0, 0.1) is 6.92 Å². The van der Waals surface area contributed by atoms with Crippen LogP contribution >= 0.6 is 0 Å². The summed E-state index contributed by atoms with van der Waals surface area (Å²) in [6, 6.07) is 1.97. The Hall–Kier alpha value is -1.36. The molecule has 1 amide bonds. The van der Waals surface area contributed by atoms with E-state index in [1.54, 1.807) is 13.1 Å². The summed E-state index contributed by atoms with van der Waals surface area (Å²) in [5.74, 6) is -0.487. The molecule has 5 heteroatoms. The van der Waals surface area contributed by atoms with Crippen LogP contribution in [-0.2, 0) is 4.79 Å². The van der Waals surface area contributed by atoms with Gasteiger partial charge in [-0.05, 0) is 33.3 Å². The van der Waals surface area contributed by atoms with Crippen LogP contribution in [0.1, 0.15) is 32.0 Å². The monoisotopic (exact) mass is 210 g/mol. The lowest BCUT2D eigenvalue weighted by molar-refractivity contribution is -0.123. The van der Waals surface area contributed by atoms with Crippen LogP contribution in [0.3, 0.4) is 0 Å². The van der Waals surface area contributed by atoms with Gasteiger partial charge in [-0.15, -0.1) is 0 Å². The molecule has 1 aromatic rings. The predicted molar refractivity (Wildman–Crippen MR) is 58.1 cm³/mol. The number of carbonyl (C=O) groups excluding carboxylic acids is 1. The molecule has 0 spiro atoms. The van der Waals surface area contributed by atoms with Crippen molar-refractivity contribution in [2.75, 3.05) is 0 Å². The summed E-state index contributed by atoms with van der Waals surface area (Å²) in [5.41, 5.74) is 11.1. The highest BCUT2D eigenvalue weighted by Gasteiger charge is 2.28. The maximum atomic E-state index is 11.1. The molecule has 2 unspecified atom stereocenters. The lowest BCUT2D eigenvalue weighted by Gasteiger charge is -2.25. The van der Waals surface area contributed by atoms with E-state index in [1.807, 2.05) is 24.6 Å². The number of amides is 1. The van der Waals surface area contributed by atoms with Gasteiger partial charge in [0.15, 0.2) is 0 Å². The predicted octanol–water partition coefficient (Wildman–Crippen LogP) is 0.345. The number of nitrogens with zero attached hydrogens (tertiary/aromatic N) is 2. The van der Waals surface area contributed by atoms with Crippen molar-refractivity contribution in [3.63, 3.8) is 0 Å². The van der Waals surface area contributed by atoms with E-state index in [0.717, 1.165) is 5.69 Å². The Morgan fingerprint density at radius 2 is 2.33 bits per heavy atom. The highest BCUT2D eigenvalue weighted by atomic mass is 16.1. The van der Waals surface area contributed by atoms with E-state index in [1.165, 1.54) is 0 Å². The van der Waals surface area contributed by atoms with Gasteiger partial charge in [-0.1, -0.05) is 0 Å². The number of rotatable bonds is 4. The molecule has 0 aliphatic rings. The summed E-state index contributed by atoms with van der Waals surface area (Å²) in [6.07, 6.45) is 2.20.